The van der Waals surface area contributed by atoms with Crippen LogP contribution in [0.15, 0.2) is 29.4 Å². The van der Waals surface area contributed by atoms with Crippen molar-refractivity contribution in [3.8, 4) is 5.69 Å². The fourth-order valence-electron chi connectivity index (χ4n) is 1.94. The monoisotopic (exact) mass is 371 g/mol. The lowest BCUT2D eigenvalue weighted by Gasteiger charge is -2.11. The molecule has 24 heavy (non-hydrogen) atoms. The molecule has 1 aromatic carbocycles. The maximum Gasteiger partial charge on any atom is 0.453 e. The van der Waals surface area contributed by atoms with Gasteiger partial charge in [0.25, 0.3) is 5.82 Å². The highest BCUT2D eigenvalue weighted by atomic mass is 32.2. The minimum atomic E-state index is -4.74. The van der Waals surface area contributed by atoms with Gasteiger partial charge in [0.05, 0.1) is 16.5 Å². The highest BCUT2D eigenvalue weighted by molar-refractivity contribution is 7.85. The molecule has 0 spiro atoms. The van der Waals surface area contributed by atoms with Crippen LogP contribution in [0.1, 0.15) is 18.3 Å². The second kappa shape index (κ2) is 6.54. The second-order valence-electron chi connectivity index (χ2n) is 4.76. The molecule has 1 atom stereocenters. The van der Waals surface area contributed by atoms with Gasteiger partial charge >= 0.3 is 12.4 Å². The summed E-state index contributed by atoms with van der Waals surface area (Å²) in [4.78, 5) is 2.99. The van der Waals surface area contributed by atoms with E-state index in [4.69, 9.17) is 0 Å². The molecule has 0 saturated carbocycles. The van der Waals surface area contributed by atoms with Gasteiger partial charge in [-0.1, -0.05) is 13.0 Å². The van der Waals surface area contributed by atoms with Crippen molar-refractivity contribution >= 4 is 10.8 Å². The van der Waals surface area contributed by atoms with Crippen LogP contribution in [0.5, 0.6) is 0 Å². The third-order valence-electron chi connectivity index (χ3n) is 2.99. The number of benzene rings is 1. The summed E-state index contributed by atoms with van der Waals surface area (Å²) in [5, 5.41) is 3.29. The van der Waals surface area contributed by atoms with Gasteiger partial charge in [-0.25, -0.2) is 9.67 Å². The van der Waals surface area contributed by atoms with E-state index < -0.39 is 34.7 Å². The molecule has 0 aliphatic rings. The van der Waals surface area contributed by atoms with Crippen molar-refractivity contribution in [2.45, 2.75) is 30.6 Å². The van der Waals surface area contributed by atoms with Gasteiger partial charge in [-0.2, -0.15) is 26.3 Å². The van der Waals surface area contributed by atoms with E-state index in [1.807, 2.05) is 0 Å². The molecule has 0 aliphatic heterocycles. The van der Waals surface area contributed by atoms with Crippen molar-refractivity contribution in [2.75, 3.05) is 5.75 Å². The Labute approximate surface area is 135 Å². The molecule has 132 valence electrons. The van der Waals surface area contributed by atoms with Crippen molar-refractivity contribution in [3.05, 3.63) is 35.9 Å². The molecule has 1 aromatic heterocycles. The largest absolute Gasteiger partial charge is 0.453 e. The van der Waals surface area contributed by atoms with Crippen LogP contribution in [0, 0.1) is 0 Å². The van der Waals surface area contributed by atoms with E-state index in [1.54, 1.807) is 6.92 Å². The smallest absolute Gasteiger partial charge is 0.254 e. The first-order chi connectivity index (χ1) is 11.0. The van der Waals surface area contributed by atoms with Gasteiger partial charge in [0.1, 0.15) is 12.1 Å². The van der Waals surface area contributed by atoms with Gasteiger partial charge in [-0.3, -0.25) is 4.21 Å². The minimum absolute atomic E-state index is 0.105. The predicted octanol–water partition coefficient (Wildman–Crippen LogP) is 3.52. The van der Waals surface area contributed by atoms with Crippen LogP contribution in [0.2, 0.25) is 0 Å². The highest BCUT2D eigenvalue weighted by Gasteiger charge is 2.36. The average molecular weight is 371 g/mol. The number of nitrogens with zero attached hydrogens (tertiary/aromatic N) is 3. The quantitative estimate of drug-likeness (QED) is 0.773. The summed E-state index contributed by atoms with van der Waals surface area (Å²) in [5.74, 6) is -2.91. The molecule has 2 aromatic rings. The van der Waals surface area contributed by atoms with Crippen LogP contribution in [-0.4, -0.2) is 30.9 Å². The van der Waals surface area contributed by atoms with Gasteiger partial charge in [0, 0.05) is 4.90 Å². The summed E-state index contributed by atoms with van der Waals surface area (Å²) < 4.78 is 87.4. The number of hydrogen-bond acceptors (Lipinski definition) is 3. The molecular weight excluding hydrogens is 360 g/mol. The van der Waals surface area contributed by atoms with Crippen molar-refractivity contribution in [2.24, 2.45) is 0 Å². The van der Waals surface area contributed by atoms with Gasteiger partial charge in [-0.15, -0.1) is 5.10 Å². The summed E-state index contributed by atoms with van der Waals surface area (Å²) in [6.45, 7) is 1.72. The number of hydrogen-bond donors (Lipinski definition) is 0. The summed E-state index contributed by atoms with van der Waals surface area (Å²) in [6, 6.07) is 3.80. The molecule has 4 nitrogen and oxygen atoms in total. The molecule has 1 heterocycles. The molecule has 1 unspecified atom stereocenters. The van der Waals surface area contributed by atoms with Crippen LogP contribution in [0.4, 0.5) is 26.3 Å². The summed E-state index contributed by atoms with van der Waals surface area (Å²) in [5.41, 5.74) is 0.634. The molecule has 0 N–H and O–H groups in total. The third-order valence-corrected chi connectivity index (χ3v) is 4.36. The molecule has 0 saturated heterocycles. The van der Waals surface area contributed by atoms with Gasteiger partial charge in [0.15, 0.2) is 0 Å². The van der Waals surface area contributed by atoms with Gasteiger partial charge in [-0.05, 0) is 24.1 Å². The molecular formula is C13H11F6N3OS. The third kappa shape index (κ3) is 4.34. The predicted molar refractivity (Wildman–Crippen MR) is 73.1 cm³/mol. The number of alkyl halides is 6. The number of aromatic nitrogens is 3. The van der Waals surface area contributed by atoms with Crippen molar-refractivity contribution in [1.29, 1.82) is 0 Å². The average Bonchev–Trinajstić information content (AvgIpc) is 2.94. The maximum absolute atomic E-state index is 12.6. The Hall–Kier alpha value is -1.91. The summed E-state index contributed by atoms with van der Waals surface area (Å²) in [6.07, 6.45) is -8.16. The van der Waals surface area contributed by atoms with Crippen LogP contribution in [-0.2, 0) is 23.4 Å². The van der Waals surface area contributed by atoms with E-state index in [0.717, 1.165) is 17.1 Å². The van der Waals surface area contributed by atoms with Gasteiger partial charge < -0.3 is 0 Å². The Balaban J connectivity index is 2.43. The lowest BCUT2D eigenvalue weighted by Crippen LogP contribution is -2.18. The number of aryl methyl sites for hydroxylation is 1. The van der Waals surface area contributed by atoms with Crippen LogP contribution in [0.25, 0.3) is 5.69 Å². The minimum Gasteiger partial charge on any atom is -0.254 e. The lowest BCUT2D eigenvalue weighted by molar-refractivity contribution is -0.144. The normalized spacial score (nSPS) is 14.0. The molecule has 0 bridgehead atoms. The number of halogens is 6. The molecule has 0 amide bonds. The highest BCUT2D eigenvalue weighted by Crippen LogP contribution is 2.27. The van der Waals surface area contributed by atoms with Crippen molar-refractivity contribution in [3.63, 3.8) is 0 Å². The fraction of sp³-hybridized carbons (Fsp3) is 0.385. The first-order valence-corrected chi connectivity index (χ1v) is 7.90. The van der Waals surface area contributed by atoms with Crippen molar-refractivity contribution in [1.82, 2.24) is 14.8 Å². The topological polar surface area (TPSA) is 47.8 Å². The first-order valence-electron chi connectivity index (χ1n) is 6.58. The Morgan fingerprint density at radius 2 is 1.83 bits per heavy atom. The fourth-order valence-corrected chi connectivity index (χ4v) is 2.87. The van der Waals surface area contributed by atoms with Crippen molar-refractivity contribution < 1.29 is 30.6 Å². The molecule has 11 heteroatoms. The van der Waals surface area contributed by atoms with Gasteiger partial charge in [0.2, 0.25) is 0 Å². The molecule has 0 aliphatic carbocycles. The van der Waals surface area contributed by atoms with Crippen LogP contribution < -0.4 is 0 Å². The zero-order valence-corrected chi connectivity index (χ0v) is 13.0. The van der Waals surface area contributed by atoms with E-state index in [2.05, 4.69) is 10.1 Å². The molecule has 0 fully saturated rings. The first kappa shape index (κ1) is 18.4. The SMILES string of the molecule is CCc1ccc(S(=O)CC(F)(F)F)cc1-n1cnc(C(F)(F)F)n1. The van der Waals surface area contributed by atoms with E-state index in [1.165, 1.54) is 12.1 Å². The zero-order chi connectivity index (χ0) is 18.1. The van der Waals surface area contributed by atoms with E-state index in [0.29, 0.717) is 12.0 Å². The molecule has 2 rings (SSSR count). The van der Waals surface area contributed by atoms with E-state index >= 15 is 0 Å². The Bertz CT molecular complexity index is 753. The zero-order valence-electron chi connectivity index (χ0n) is 12.1. The second-order valence-corrected chi connectivity index (χ2v) is 6.21. The standard InChI is InChI=1S/C13H11F6N3OS/c1-2-8-3-4-9(24(23)6-12(14,15)16)5-10(8)22-7-20-11(21-22)13(17,18)19/h3-5,7H,2,6H2,1H3. The Morgan fingerprint density at radius 3 is 2.33 bits per heavy atom. The summed E-state index contributed by atoms with van der Waals surface area (Å²) in [7, 11) is -2.37. The lowest BCUT2D eigenvalue weighted by atomic mass is 10.1. The maximum atomic E-state index is 12.6. The number of rotatable bonds is 4. The van der Waals surface area contributed by atoms with Crippen LogP contribution in [0.3, 0.4) is 0 Å². The van der Waals surface area contributed by atoms with E-state index in [-0.39, 0.29) is 10.6 Å². The van der Waals surface area contributed by atoms with E-state index in [9.17, 15) is 30.6 Å². The molecule has 0 radical (unpaired) electrons. The van der Waals surface area contributed by atoms with Crippen LogP contribution >= 0.6 is 0 Å². The Morgan fingerprint density at radius 1 is 1.17 bits per heavy atom. The Kier molecular flexibility index (Phi) is 5.02. The summed E-state index contributed by atoms with van der Waals surface area (Å²) >= 11 is 0.